The van der Waals surface area contributed by atoms with Crippen LogP contribution < -0.4 is 5.32 Å². The van der Waals surface area contributed by atoms with Crippen LogP contribution in [0.15, 0.2) is 78.0 Å². The maximum absolute atomic E-state index is 13.4. The van der Waals surface area contributed by atoms with E-state index in [-0.39, 0.29) is 17.1 Å². The third kappa shape index (κ3) is 4.93. The average Bonchev–Trinajstić information content (AvgIpc) is 3.19. The summed E-state index contributed by atoms with van der Waals surface area (Å²) in [5, 5.41) is 3.65. The number of amides is 1. The Morgan fingerprint density at radius 3 is 2.53 bits per heavy atom. The number of halogens is 1. The van der Waals surface area contributed by atoms with Crippen LogP contribution in [0.4, 0.5) is 4.79 Å². The minimum atomic E-state index is -3.90. The molecule has 1 amide bonds. The molecule has 1 N–H and O–H groups in total. The van der Waals surface area contributed by atoms with Gasteiger partial charge in [0, 0.05) is 29.9 Å². The highest BCUT2D eigenvalue weighted by molar-refractivity contribution is 7.90. The summed E-state index contributed by atoms with van der Waals surface area (Å²) >= 11 is 6.50. The van der Waals surface area contributed by atoms with Gasteiger partial charge < -0.3 is 10.1 Å². The number of pyridine rings is 1. The molecule has 2 aromatic heterocycles. The second-order valence-corrected chi connectivity index (χ2v) is 10.9. The lowest BCUT2D eigenvalue weighted by atomic mass is 10.0. The van der Waals surface area contributed by atoms with Gasteiger partial charge in [0.15, 0.2) is 5.65 Å². The Bertz CT molecular complexity index is 1460. The smallest absolute Gasteiger partial charge is 0.407 e. The zero-order valence-corrected chi connectivity index (χ0v) is 20.5. The minimum absolute atomic E-state index is 0.149. The first kappa shape index (κ1) is 23.8. The predicted octanol–water partition coefficient (Wildman–Crippen LogP) is 5.62. The molecular formula is C25H24ClN3O4S. The number of aromatic nitrogens is 2. The molecule has 0 aliphatic heterocycles. The van der Waals surface area contributed by atoms with Crippen molar-refractivity contribution in [2.75, 3.05) is 0 Å². The topological polar surface area (TPSA) is 90.3 Å². The molecule has 0 aliphatic carbocycles. The fourth-order valence-corrected chi connectivity index (χ4v) is 5.11. The standard InChI is InChI=1S/C25H24ClN3O4S/c1-25(2,3)33-24(30)28-15-17-8-7-9-18(14-17)20-16-29(23-22(20)21(26)12-13-27-23)34(31,32)19-10-5-4-6-11-19/h4-14,16H,15H2,1-3H3,(H,28,30). The molecule has 4 rings (SSSR count). The summed E-state index contributed by atoms with van der Waals surface area (Å²) in [7, 11) is -3.90. The number of benzene rings is 2. The van der Waals surface area contributed by atoms with Crippen LogP contribution in [0.25, 0.3) is 22.2 Å². The van der Waals surface area contributed by atoms with Crippen molar-refractivity contribution in [3.63, 3.8) is 0 Å². The molecule has 0 aliphatic rings. The number of hydrogen-bond donors (Lipinski definition) is 1. The second-order valence-electron chi connectivity index (χ2n) is 8.70. The molecule has 0 saturated carbocycles. The van der Waals surface area contributed by atoms with E-state index in [1.54, 1.807) is 45.0 Å². The van der Waals surface area contributed by atoms with E-state index in [0.717, 1.165) is 15.1 Å². The fourth-order valence-electron chi connectivity index (χ4n) is 3.53. The lowest BCUT2D eigenvalue weighted by Crippen LogP contribution is -2.32. The summed E-state index contributed by atoms with van der Waals surface area (Å²) in [4.78, 5) is 16.5. The largest absolute Gasteiger partial charge is 0.444 e. The van der Waals surface area contributed by atoms with Gasteiger partial charge in [-0.25, -0.2) is 22.2 Å². The van der Waals surface area contributed by atoms with Gasteiger partial charge in [0.25, 0.3) is 10.0 Å². The maximum atomic E-state index is 13.4. The Hall–Kier alpha value is -3.36. The summed E-state index contributed by atoms with van der Waals surface area (Å²) in [5.41, 5.74) is 1.82. The highest BCUT2D eigenvalue weighted by atomic mass is 35.5. The van der Waals surface area contributed by atoms with Crippen LogP contribution in [0.3, 0.4) is 0 Å². The van der Waals surface area contributed by atoms with Crippen molar-refractivity contribution in [3.05, 3.63) is 83.6 Å². The molecule has 2 aromatic carbocycles. The molecule has 9 heteroatoms. The fraction of sp³-hybridized carbons (Fsp3) is 0.200. The number of carbonyl (C=O) groups is 1. The van der Waals surface area contributed by atoms with Crippen LogP contribution in [0, 0.1) is 0 Å². The van der Waals surface area contributed by atoms with Gasteiger partial charge in [0.1, 0.15) is 5.60 Å². The molecule has 0 spiro atoms. The number of rotatable bonds is 5. The number of fused-ring (bicyclic) bond motifs is 1. The Kier molecular flexibility index (Phi) is 6.38. The Balaban J connectivity index is 1.75. The molecule has 7 nitrogen and oxygen atoms in total. The predicted molar refractivity (Wildman–Crippen MR) is 132 cm³/mol. The molecule has 2 heterocycles. The first-order chi connectivity index (χ1) is 16.1. The van der Waals surface area contributed by atoms with E-state index in [0.29, 0.717) is 16.0 Å². The molecule has 0 fully saturated rings. The van der Waals surface area contributed by atoms with Crippen molar-refractivity contribution in [3.8, 4) is 11.1 Å². The van der Waals surface area contributed by atoms with E-state index in [9.17, 15) is 13.2 Å². The van der Waals surface area contributed by atoms with Crippen LogP contribution in [0.5, 0.6) is 0 Å². The average molecular weight is 498 g/mol. The number of alkyl carbamates (subject to hydrolysis) is 1. The van der Waals surface area contributed by atoms with E-state index >= 15 is 0 Å². The quantitative estimate of drug-likeness (QED) is 0.386. The number of ether oxygens (including phenoxy) is 1. The van der Waals surface area contributed by atoms with E-state index in [1.165, 1.54) is 24.5 Å². The third-order valence-electron chi connectivity index (χ3n) is 4.98. The lowest BCUT2D eigenvalue weighted by molar-refractivity contribution is 0.0523. The first-order valence-electron chi connectivity index (χ1n) is 10.6. The van der Waals surface area contributed by atoms with E-state index in [1.807, 2.05) is 24.3 Å². The SMILES string of the molecule is CC(C)(C)OC(=O)NCc1cccc(-c2cn(S(=O)(=O)c3ccccc3)c3nccc(Cl)c23)c1. The highest BCUT2D eigenvalue weighted by Gasteiger charge is 2.24. The normalized spacial score (nSPS) is 12.0. The van der Waals surface area contributed by atoms with E-state index in [2.05, 4.69) is 10.3 Å². The molecule has 0 saturated heterocycles. The summed E-state index contributed by atoms with van der Waals surface area (Å²) < 4.78 is 33.2. The van der Waals surface area contributed by atoms with Crippen molar-refractivity contribution in [1.82, 2.24) is 14.3 Å². The van der Waals surface area contributed by atoms with E-state index < -0.39 is 21.7 Å². The first-order valence-corrected chi connectivity index (χ1v) is 12.4. The monoisotopic (exact) mass is 497 g/mol. The summed E-state index contributed by atoms with van der Waals surface area (Å²) in [6.07, 6.45) is 2.49. The van der Waals surface area contributed by atoms with Gasteiger partial charge in [0.05, 0.1) is 9.92 Å². The van der Waals surface area contributed by atoms with Gasteiger partial charge >= 0.3 is 6.09 Å². The number of carbonyl (C=O) groups excluding carboxylic acids is 1. The van der Waals surface area contributed by atoms with E-state index in [4.69, 9.17) is 16.3 Å². The van der Waals surface area contributed by atoms with Crippen molar-refractivity contribution in [2.45, 2.75) is 37.8 Å². The molecule has 0 atom stereocenters. The third-order valence-corrected chi connectivity index (χ3v) is 6.96. The number of hydrogen-bond acceptors (Lipinski definition) is 5. The van der Waals surface area contributed by atoms with Gasteiger partial charge in [0.2, 0.25) is 0 Å². The van der Waals surface area contributed by atoms with Gasteiger partial charge in [-0.05, 0) is 56.2 Å². The highest BCUT2D eigenvalue weighted by Crippen LogP contribution is 2.36. The van der Waals surface area contributed by atoms with Crippen molar-refractivity contribution >= 4 is 38.8 Å². The molecule has 34 heavy (non-hydrogen) atoms. The minimum Gasteiger partial charge on any atom is -0.444 e. The van der Waals surface area contributed by atoms with Gasteiger partial charge in [-0.3, -0.25) is 0 Å². The van der Waals surface area contributed by atoms with Crippen LogP contribution in [0.1, 0.15) is 26.3 Å². The zero-order chi connectivity index (χ0) is 24.5. The van der Waals surface area contributed by atoms with Crippen LogP contribution in [-0.2, 0) is 21.3 Å². The van der Waals surface area contributed by atoms with Crippen molar-refractivity contribution < 1.29 is 17.9 Å². The molecule has 0 radical (unpaired) electrons. The van der Waals surface area contributed by atoms with Gasteiger partial charge in [-0.2, -0.15) is 0 Å². The molecule has 176 valence electrons. The van der Waals surface area contributed by atoms with Crippen LogP contribution in [-0.4, -0.2) is 29.1 Å². The lowest BCUT2D eigenvalue weighted by Gasteiger charge is -2.19. The maximum Gasteiger partial charge on any atom is 0.407 e. The summed E-state index contributed by atoms with van der Waals surface area (Å²) in [6, 6.07) is 17.2. The summed E-state index contributed by atoms with van der Waals surface area (Å²) in [5.74, 6) is 0. The van der Waals surface area contributed by atoms with Crippen molar-refractivity contribution in [2.24, 2.45) is 0 Å². The summed E-state index contributed by atoms with van der Waals surface area (Å²) in [6.45, 7) is 5.63. The second kappa shape index (κ2) is 9.12. The molecule has 4 aromatic rings. The number of nitrogens with zero attached hydrogens (tertiary/aromatic N) is 2. The Morgan fingerprint density at radius 1 is 1.09 bits per heavy atom. The Morgan fingerprint density at radius 2 is 1.82 bits per heavy atom. The van der Waals surface area contributed by atoms with Crippen LogP contribution >= 0.6 is 11.6 Å². The van der Waals surface area contributed by atoms with Crippen LogP contribution in [0.2, 0.25) is 5.02 Å². The van der Waals surface area contributed by atoms with Gasteiger partial charge in [-0.15, -0.1) is 0 Å². The molecule has 0 bridgehead atoms. The molecule has 0 unspecified atom stereocenters. The zero-order valence-electron chi connectivity index (χ0n) is 18.9. The Labute approximate surface area is 203 Å². The van der Waals surface area contributed by atoms with Gasteiger partial charge in [-0.1, -0.05) is 48.0 Å². The molecular weight excluding hydrogens is 474 g/mol. The van der Waals surface area contributed by atoms with Crippen molar-refractivity contribution in [1.29, 1.82) is 0 Å². The number of nitrogens with one attached hydrogen (secondary N) is 1.